The van der Waals surface area contributed by atoms with E-state index in [1.54, 1.807) is 0 Å². The molecule has 6 nitrogen and oxygen atoms in total. The minimum absolute atomic E-state index is 0.0807. The first-order valence-electron chi connectivity index (χ1n) is 29.3. The number of unbranched alkanes of at least 4 members (excludes halogenated alkanes) is 32. The molecule has 0 aromatic rings. The van der Waals surface area contributed by atoms with Crippen LogP contribution in [-0.4, -0.2) is 37.2 Å². The molecular formula is C62H110O6. The maximum Gasteiger partial charge on any atom is 0.306 e. The summed E-state index contributed by atoms with van der Waals surface area (Å²) in [6.45, 7) is 6.53. The first-order chi connectivity index (χ1) is 33.5. The van der Waals surface area contributed by atoms with Crippen LogP contribution in [0.3, 0.4) is 0 Å². The minimum Gasteiger partial charge on any atom is -0.462 e. The molecule has 0 aliphatic rings. The Labute approximate surface area is 421 Å². The van der Waals surface area contributed by atoms with Gasteiger partial charge in [-0.15, -0.1) is 0 Å². The van der Waals surface area contributed by atoms with E-state index in [0.29, 0.717) is 19.3 Å². The van der Waals surface area contributed by atoms with Crippen LogP contribution in [0, 0.1) is 0 Å². The molecule has 6 heteroatoms. The Morgan fingerprint density at radius 2 is 0.574 bits per heavy atom. The highest BCUT2D eigenvalue weighted by Crippen LogP contribution is 2.17. The van der Waals surface area contributed by atoms with Crippen molar-refractivity contribution in [2.45, 2.75) is 303 Å². The van der Waals surface area contributed by atoms with Crippen molar-refractivity contribution in [3.63, 3.8) is 0 Å². The van der Waals surface area contributed by atoms with Gasteiger partial charge in [-0.3, -0.25) is 14.4 Å². The second-order valence-corrected chi connectivity index (χ2v) is 19.5. The van der Waals surface area contributed by atoms with Gasteiger partial charge in [-0.1, -0.05) is 274 Å². The third kappa shape index (κ3) is 54.1. The van der Waals surface area contributed by atoms with Crippen molar-refractivity contribution in [2.24, 2.45) is 0 Å². The molecule has 0 fully saturated rings. The summed E-state index contributed by atoms with van der Waals surface area (Å²) in [6.07, 6.45) is 70.7. The Morgan fingerprint density at radius 1 is 0.309 bits per heavy atom. The van der Waals surface area contributed by atoms with Gasteiger partial charge < -0.3 is 14.2 Å². The van der Waals surface area contributed by atoms with E-state index in [1.807, 2.05) is 0 Å². The van der Waals surface area contributed by atoms with Crippen LogP contribution in [0.2, 0.25) is 0 Å². The van der Waals surface area contributed by atoms with Crippen molar-refractivity contribution in [3.8, 4) is 0 Å². The lowest BCUT2D eigenvalue weighted by atomic mass is 10.0. The summed E-state index contributed by atoms with van der Waals surface area (Å²) in [6, 6.07) is 0. The second kappa shape index (κ2) is 56.7. The van der Waals surface area contributed by atoms with Crippen LogP contribution in [0.4, 0.5) is 0 Å². The summed E-state index contributed by atoms with van der Waals surface area (Å²) in [5, 5.41) is 0. The van der Waals surface area contributed by atoms with Crippen LogP contribution in [0.1, 0.15) is 297 Å². The molecule has 0 aromatic heterocycles. The highest BCUT2D eigenvalue weighted by atomic mass is 16.6. The quantitative estimate of drug-likeness (QED) is 0.0262. The summed E-state index contributed by atoms with van der Waals surface area (Å²) >= 11 is 0. The molecule has 0 radical (unpaired) electrons. The molecular weight excluding hydrogens is 841 g/mol. The van der Waals surface area contributed by atoms with Crippen molar-refractivity contribution < 1.29 is 28.6 Å². The van der Waals surface area contributed by atoms with E-state index < -0.39 is 6.10 Å². The predicted octanol–water partition coefficient (Wildman–Crippen LogP) is 19.6. The fraction of sp³-hybridized carbons (Fsp3) is 0.790. The average molecular weight is 952 g/mol. The van der Waals surface area contributed by atoms with Crippen molar-refractivity contribution >= 4 is 17.9 Å². The smallest absolute Gasteiger partial charge is 0.306 e. The van der Waals surface area contributed by atoms with Crippen LogP contribution in [0.5, 0.6) is 0 Å². The molecule has 0 rings (SSSR count). The van der Waals surface area contributed by atoms with Gasteiger partial charge >= 0.3 is 17.9 Å². The van der Waals surface area contributed by atoms with Crippen LogP contribution in [-0.2, 0) is 28.6 Å². The summed E-state index contributed by atoms with van der Waals surface area (Å²) < 4.78 is 16.9. The lowest BCUT2D eigenvalue weighted by Gasteiger charge is -2.18. The molecule has 0 aliphatic carbocycles. The van der Waals surface area contributed by atoms with E-state index in [9.17, 15) is 14.4 Å². The van der Waals surface area contributed by atoms with Crippen LogP contribution >= 0.6 is 0 Å². The van der Waals surface area contributed by atoms with Crippen molar-refractivity contribution in [3.05, 3.63) is 60.8 Å². The third-order valence-corrected chi connectivity index (χ3v) is 12.8. The normalized spacial score (nSPS) is 12.5. The van der Waals surface area contributed by atoms with Gasteiger partial charge in [-0.05, 0) is 64.2 Å². The fourth-order valence-electron chi connectivity index (χ4n) is 8.41. The molecule has 0 heterocycles. The van der Waals surface area contributed by atoms with Gasteiger partial charge in [0, 0.05) is 19.3 Å². The Hall–Kier alpha value is -2.89. The Bertz CT molecular complexity index is 1230. The molecule has 0 aliphatic heterocycles. The van der Waals surface area contributed by atoms with Gasteiger partial charge in [-0.2, -0.15) is 0 Å². The molecule has 0 aromatic carbocycles. The molecule has 0 bridgehead atoms. The first-order valence-corrected chi connectivity index (χ1v) is 29.3. The highest BCUT2D eigenvalue weighted by Gasteiger charge is 2.19. The van der Waals surface area contributed by atoms with Gasteiger partial charge in [0.2, 0.25) is 0 Å². The van der Waals surface area contributed by atoms with Crippen molar-refractivity contribution in [2.75, 3.05) is 13.2 Å². The number of ether oxygens (including phenoxy) is 3. The Balaban J connectivity index is 4.39. The van der Waals surface area contributed by atoms with Crippen LogP contribution in [0.25, 0.3) is 0 Å². The zero-order chi connectivity index (χ0) is 49.3. The number of rotatable bonds is 53. The zero-order valence-electron chi connectivity index (χ0n) is 45.1. The molecule has 0 N–H and O–H groups in total. The molecule has 68 heavy (non-hydrogen) atoms. The maximum absolute atomic E-state index is 12.9. The van der Waals surface area contributed by atoms with Crippen LogP contribution < -0.4 is 0 Å². The number of hydrogen-bond acceptors (Lipinski definition) is 6. The lowest BCUT2D eigenvalue weighted by molar-refractivity contribution is -0.167. The maximum atomic E-state index is 12.9. The van der Waals surface area contributed by atoms with E-state index in [1.165, 1.54) is 161 Å². The molecule has 0 saturated carbocycles. The largest absolute Gasteiger partial charge is 0.462 e. The van der Waals surface area contributed by atoms with E-state index >= 15 is 0 Å². The van der Waals surface area contributed by atoms with E-state index in [0.717, 1.165) is 96.3 Å². The monoisotopic (exact) mass is 951 g/mol. The summed E-state index contributed by atoms with van der Waals surface area (Å²) in [5.41, 5.74) is 0. The molecule has 0 amide bonds. The summed E-state index contributed by atoms with van der Waals surface area (Å²) in [4.78, 5) is 38.2. The standard InChI is InChI=1S/C62H110O6/c1-4-7-10-13-16-19-22-25-27-29-31-33-34-37-40-43-46-49-52-55-61(64)67-58-59(57-66-60(63)54-51-48-45-42-39-36-24-21-18-15-12-9-6-3)68-62(65)56-53-50-47-44-41-38-35-32-30-28-26-23-20-17-14-11-8-5-2/h7,10,16,19,25,27,31,33,37,40,59H,4-6,8-9,11-15,17-18,20-24,26,28-30,32,34-36,38-39,41-58H2,1-3H3/b10-7+,19-16+,27-25+,33-31+,40-37+/t59-/m1/s1. The highest BCUT2D eigenvalue weighted by molar-refractivity contribution is 5.71. The number of carbonyl (C=O) groups is 3. The van der Waals surface area contributed by atoms with Gasteiger partial charge in [-0.25, -0.2) is 0 Å². The number of hydrogen-bond donors (Lipinski definition) is 0. The van der Waals surface area contributed by atoms with Gasteiger partial charge in [0.05, 0.1) is 0 Å². The molecule has 394 valence electrons. The van der Waals surface area contributed by atoms with Gasteiger partial charge in [0.1, 0.15) is 13.2 Å². The Kier molecular flexibility index (Phi) is 54.3. The molecule has 0 spiro atoms. The van der Waals surface area contributed by atoms with E-state index in [-0.39, 0.29) is 31.1 Å². The number of carbonyl (C=O) groups excluding carboxylic acids is 3. The van der Waals surface area contributed by atoms with E-state index in [2.05, 4.69) is 81.5 Å². The van der Waals surface area contributed by atoms with Crippen LogP contribution in [0.15, 0.2) is 60.8 Å². The SMILES string of the molecule is CC/C=C/C/C=C/C/C=C/C/C=C/C/C=C/CCCCCC(=O)OC[C@@H](COC(=O)CCCCCCCCCCCCCCC)OC(=O)CCCCCCCCCCCCCCCCCCCC. The third-order valence-electron chi connectivity index (χ3n) is 12.8. The zero-order valence-corrected chi connectivity index (χ0v) is 45.1. The van der Waals surface area contributed by atoms with Crippen molar-refractivity contribution in [1.29, 1.82) is 0 Å². The van der Waals surface area contributed by atoms with Gasteiger partial charge in [0.25, 0.3) is 0 Å². The lowest BCUT2D eigenvalue weighted by Crippen LogP contribution is -2.30. The fourth-order valence-corrected chi connectivity index (χ4v) is 8.41. The summed E-state index contributed by atoms with van der Waals surface area (Å²) in [5.74, 6) is -0.899. The second-order valence-electron chi connectivity index (χ2n) is 19.5. The average Bonchev–Trinajstić information content (AvgIpc) is 3.34. The predicted molar refractivity (Wildman–Crippen MR) is 293 cm³/mol. The summed E-state index contributed by atoms with van der Waals surface area (Å²) in [7, 11) is 0. The number of allylic oxidation sites excluding steroid dienone is 10. The Morgan fingerprint density at radius 3 is 0.897 bits per heavy atom. The molecule has 1 atom stereocenters. The number of esters is 3. The first kappa shape index (κ1) is 65.1. The van der Waals surface area contributed by atoms with Crippen molar-refractivity contribution in [1.82, 2.24) is 0 Å². The van der Waals surface area contributed by atoms with Gasteiger partial charge in [0.15, 0.2) is 6.10 Å². The minimum atomic E-state index is -0.784. The molecule has 0 saturated heterocycles. The molecule has 0 unspecified atom stereocenters. The van der Waals surface area contributed by atoms with E-state index in [4.69, 9.17) is 14.2 Å². The topological polar surface area (TPSA) is 78.9 Å².